The van der Waals surface area contributed by atoms with Crippen molar-refractivity contribution in [1.29, 1.82) is 0 Å². The van der Waals surface area contributed by atoms with Gasteiger partial charge in [0.2, 0.25) is 0 Å². The zero-order valence-corrected chi connectivity index (χ0v) is 13.6. The van der Waals surface area contributed by atoms with Gasteiger partial charge in [-0.3, -0.25) is 9.48 Å². The Morgan fingerprint density at radius 2 is 1.90 bits per heavy atom. The third-order valence-corrected chi connectivity index (χ3v) is 4.64. The molecule has 0 unspecified atom stereocenters. The molecule has 3 rings (SSSR count). The molecule has 2 saturated carbocycles. The molecule has 2 fully saturated rings. The summed E-state index contributed by atoms with van der Waals surface area (Å²) in [6.07, 6.45) is 7.70. The van der Waals surface area contributed by atoms with Crippen molar-refractivity contribution in [2.75, 3.05) is 0 Å². The standard InChI is InChI=1S/C17H27N3O/c1-5-14-13(10-18-20(14)17(2,3)4)16(21)19-15(11-6-7-11)12-8-9-12/h10-12,15H,5-9H2,1-4H3,(H,19,21). The molecule has 2 aliphatic carbocycles. The van der Waals surface area contributed by atoms with Crippen LogP contribution in [0, 0.1) is 11.8 Å². The average Bonchev–Trinajstić information content (AvgIpc) is 3.31. The molecule has 1 aromatic rings. The number of carbonyl (C=O) groups is 1. The Morgan fingerprint density at radius 1 is 1.33 bits per heavy atom. The van der Waals surface area contributed by atoms with Gasteiger partial charge >= 0.3 is 0 Å². The van der Waals surface area contributed by atoms with E-state index in [1.54, 1.807) is 6.20 Å². The van der Waals surface area contributed by atoms with E-state index >= 15 is 0 Å². The van der Waals surface area contributed by atoms with E-state index in [1.165, 1.54) is 25.7 Å². The van der Waals surface area contributed by atoms with Crippen molar-refractivity contribution in [3.8, 4) is 0 Å². The Labute approximate surface area is 127 Å². The van der Waals surface area contributed by atoms with Gasteiger partial charge in [0.15, 0.2) is 0 Å². The Bertz CT molecular complexity index is 521. The van der Waals surface area contributed by atoms with E-state index in [2.05, 4.69) is 38.1 Å². The van der Waals surface area contributed by atoms with Crippen molar-refractivity contribution >= 4 is 5.91 Å². The number of carbonyl (C=O) groups excluding carboxylic acids is 1. The van der Waals surface area contributed by atoms with Gasteiger partial charge < -0.3 is 5.32 Å². The topological polar surface area (TPSA) is 46.9 Å². The van der Waals surface area contributed by atoms with Crippen LogP contribution in [0.5, 0.6) is 0 Å². The van der Waals surface area contributed by atoms with Crippen molar-refractivity contribution in [1.82, 2.24) is 15.1 Å². The van der Waals surface area contributed by atoms with Crippen LogP contribution in [-0.4, -0.2) is 21.7 Å². The molecule has 1 amide bonds. The monoisotopic (exact) mass is 289 g/mol. The molecular weight excluding hydrogens is 262 g/mol. The number of nitrogens with zero attached hydrogens (tertiary/aromatic N) is 2. The first kappa shape index (κ1) is 14.6. The molecule has 0 saturated heterocycles. The molecule has 0 aliphatic heterocycles. The quantitative estimate of drug-likeness (QED) is 0.905. The maximum atomic E-state index is 12.7. The largest absolute Gasteiger partial charge is 0.349 e. The molecule has 0 aromatic carbocycles. The van der Waals surface area contributed by atoms with E-state index in [1.807, 2.05) is 4.68 Å². The number of hydrogen-bond acceptors (Lipinski definition) is 2. The minimum absolute atomic E-state index is 0.0751. The summed E-state index contributed by atoms with van der Waals surface area (Å²) < 4.78 is 1.99. The lowest BCUT2D eigenvalue weighted by molar-refractivity contribution is 0.0925. The number of hydrogen-bond donors (Lipinski definition) is 1. The number of amides is 1. The summed E-state index contributed by atoms with van der Waals surface area (Å²) in [4.78, 5) is 12.7. The summed E-state index contributed by atoms with van der Waals surface area (Å²) >= 11 is 0. The van der Waals surface area contributed by atoms with E-state index < -0.39 is 0 Å². The molecule has 1 heterocycles. The molecule has 1 aromatic heterocycles. The SMILES string of the molecule is CCc1c(C(=O)NC(C2CC2)C2CC2)cnn1C(C)(C)C. The van der Waals surface area contributed by atoms with Crippen molar-refractivity contribution < 1.29 is 4.79 Å². The van der Waals surface area contributed by atoms with Gasteiger partial charge in [0, 0.05) is 6.04 Å². The van der Waals surface area contributed by atoms with Crippen LogP contribution in [0.15, 0.2) is 6.20 Å². The third kappa shape index (κ3) is 2.99. The van der Waals surface area contributed by atoms with Crippen molar-refractivity contribution in [2.45, 2.75) is 71.4 Å². The fraction of sp³-hybridized carbons (Fsp3) is 0.765. The van der Waals surface area contributed by atoms with Crippen LogP contribution in [0.1, 0.15) is 69.4 Å². The van der Waals surface area contributed by atoms with Gasteiger partial charge in [0.1, 0.15) is 0 Å². The lowest BCUT2D eigenvalue weighted by atomic mass is 10.1. The van der Waals surface area contributed by atoms with Gasteiger partial charge in [-0.05, 0) is 64.7 Å². The first-order valence-electron chi connectivity index (χ1n) is 8.30. The van der Waals surface area contributed by atoms with Gasteiger partial charge in [-0.1, -0.05) is 6.92 Å². The summed E-state index contributed by atoms with van der Waals surface area (Å²) in [5.41, 5.74) is 1.72. The summed E-state index contributed by atoms with van der Waals surface area (Å²) in [6, 6.07) is 0.403. The third-order valence-electron chi connectivity index (χ3n) is 4.64. The zero-order chi connectivity index (χ0) is 15.2. The fourth-order valence-corrected chi connectivity index (χ4v) is 3.24. The Balaban J connectivity index is 1.79. The van der Waals surface area contributed by atoms with Gasteiger partial charge in [0.05, 0.1) is 23.0 Å². The predicted octanol–water partition coefficient (Wildman–Crippen LogP) is 3.12. The van der Waals surface area contributed by atoms with Gasteiger partial charge in [0.25, 0.3) is 5.91 Å². The van der Waals surface area contributed by atoms with E-state index in [0.29, 0.717) is 6.04 Å². The Hall–Kier alpha value is -1.32. The minimum atomic E-state index is -0.0870. The predicted molar refractivity (Wildman–Crippen MR) is 83.3 cm³/mol. The molecule has 116 valence electrons. The van der Waals surface area contributed by atoms with Crippen LogP contribution < -0.4 is 5.32 Å². The van der Waals surface area contributed by atoms with Crippen LogP contribution in [0.4, 0.5) is 0 Å². The van der Waals surface area contributed by atoms with Crippen molar-refractivity contribution in [3.05, 3.63) is 17.5 Å². The maximum absolute atomic E-state index is 12.7. The van der Waals surface area contributed by atoms with E-state index in [-0.39, 0.29) is 11.4 Å². The Morgan fingerprint density at radius 3 is 2.33 bits per heavy atom. The van der Waals surface area contributed by atoms with Gasteiger partial charge in [-0.15, -0.1) is 0 Å². The van der Waals surface area contributed by atoms with E-state index in [0.717, 1.165) is 29.5 Å². The van der Waals surface area contributed by atoms with E-state index in [4.69, 9.17) is 0 Å². The van der Waals surface area contributed by atoms with Gasteiger partial charge in [-0.25, -0.2) is 0 Å². The maximum Gasteiger partial charge on any atom is 0.254 e. The molecule has 21 heavy (non-hydrogen) atoms. The first-order chi connectivity index (χ1) is 9.91. The number of aromatic nitrogens is 2. The van der Waals surface area contributed by atoms with E-state index in [9.17, 15) is 4.79 Å². The molecule has 2 aliphatic rings. The smallest absolute Gasteiger partial charge is 0.254 e. The Kier molecular flexibility index (Phi) is 3.58. The normalized spacial score (nSPS) is 19.1. The second-order valence-corrected chi connectivity index (χ2v) is 7.62. The lowest BCUT2D eigenvalue weighted by Crippen LogP contribution is -2.38. The molecular formula is C17H27N3O. The highest BCUT2D eigenvalue weighted by atomic mass is 16.1. The van der Waals surface area contributed by atoms with Crippen LogP contribution in [0.3, 0.4) is 0 Å². The van der Waals surface area contributed by atoms with Crippen LogP contribution in [0.25, 0.3) is 0 Å². The second kappa shape index (κ2) is 5.15. The molecule has 1 N–H and O–H groups in total. The highest BCUT2D eigenvalue weighted by Crippen LogP contribution is 2.44. The highest BCUT2D eigenvalue weighted by Gasteiger charge is 2.42. The molecule has 0 atom stereocenters. The summed E-state index contributed by atoms with van der Waals surface area (Å²) in [5, 5.41) is 7.77. The van der Waals surface area contributed by atoms with Crippen LogP contribution >= 0.6 is 0 Å². The number of rotatable bonds is 5. The van der Waals surface area contributed by atoms with Crippen molar-refractivity contribution in [2.24, 2.45) is 11.8 Å². The zero-order valence-electron chi connectivity index (χ0n) is 13.6. The first-order valence-corrected chi connectivity index (χ1v) is 8.30. The molecule has 4 heteroatoms. The fourth-order valence-electron chi connectivity index (χ4n) is 3.24. The van der Waals surface area contributed by atoms with Crippen LogP contribution in [-0.2, 0) is 12.0 Å². The molecule has 0 bridgehead atoms. The molecule has 0 spiro atoms. The van der Waals surface area contributed by atoms with Crippen LogP contribution in [0.2, 0.25) is 0 Å². The summed E-state index contributed by atoms with van der Waals surface area (Å²) in [5.74, 6) is 1.53. The lowest BCUT2D eigenvalue weighted by Gasteiger charge is -2.23. The second-order valence-electron chi connectivity index (χ2n) is 7.62. The molecule has 0 radical (unpaired) electrons. The van der Waals surface area contributed by atoms with Crippen molar-refractivity contribution in [3.63, 3.8) is 0 Å². The highest BCUT2D eigenvalue weighted by molar-refractivity contribution is 5.95. The minimum Gasteiger partial charge on any atom is -0.349 e. The summed E-state index contributed by atoms with van der Waals surface area (Å²) in [7, 11) is 0. The summed E-state index contributed by atoms with van der Waals surface area (Å²) in [6.45, 7) is 8.46. The number of nitrogens with one attached hydrogen (secondary N) is 1. The molecule has 4 nitrogen and oxygen atoms in total. The average molecular weight is 289 g/mol. The van der Waals surface area contributed by atoms with Gasteiger partial charge in [-0.2, -0.15) is 5.10 Å².